The van der Waals surface area contributed by atoms with Gasteiger partial charge in [-0.25, -0.2) is 4.79 Å². The van der Waals surface area contributed by atoms with Gasteiger partial charge in [-0.3, -0.25) is 9.59 Å². The normalized spacial score (nSPS) is 13.2. The fourth-order valence-corrected chi connectivity index (χ4v) is 6.61. The summed E-state index contributed by atoms with van der Waals surface area (Å²) in [6.45, 7) is 4.77. The van der Waals surface area contributed by atoms with Crippen molar-refractivity contribution in [1.82, 2.24) is 0 Å². The number of ether oxygens (including phenoxy) is 4. The monoisotopic (exact) mass is 835 g/mol. The number of carboxylic acid groups (broad SMARTS) is 1. The van der Waals surface area contributed by atoms with Crippen LogP contribution in [-0.2, 0) is 33.3 Å². The Labute approximate surface area is 362 Å². The number of carbonyl (C=O) groups excluding carboxylic acids is 2. The maximum absolute atomic E-state index is 12.7. The minimum absolute atomic E-state index is 0.181. The largest absolute Gasteiger partial charge is 0.477 e. The first-order chi connectivity index (χ1) is 28.6. The Bertz CT molecular complexity index is 1070. The van der Waals surface area contributed by atoms with Gasteiger partial charge in [-0.15, -0.1) is 0 Å². The minimum atomic E-state index is -1.50. The van der Waals surface area contributed by atoms with Gasteiger partial charge in [0.1, 0.15) is 13.2 Å². The van der Waals surface area contributed by atoms with Crippen molar-refractivity contribution in [3.05, 3.63) is 36.5 Å². The Hall–Kier alpha value is -2.49. The Morgan fingerprint density at radius 1 is 0.508 bits per heavy atom. The number of likely N-dealkylation sites (N-methyl/N-ethyl adjacent to an activating group) is 1. The van der Waals surface area contributed by atoms with Crippen molar-refractivity contribution in [1.29, 1.82) is 0 Å². The zero-order valence-corrected chi connectivity index (χ0v) is 38.9. The minimum Gasteiger partial charge on any atom is -0.477 e. The van der Waals surface area contributed by atoms with Crippen molar-refractivity contribution in [2.75, 3.05) is 47.5 Å². The van der Waals surface area contributed by atoms with Crippen molar-refractivity contribution in [2.45, 2.75) is 219 Å². The maximum atomic E-state index is 12.7. The van der Waals surface area contributed by atoms with Crippen LogP contribution >= 0.6 is 0 Å². The molecule has 0 aliphatic carbocycles. The number of hydrogen-bond acceptors (Lipinski definition) is 7. The van der Waals surface area contributed by atoms with Gasteiger partial charge >= 0.3 is 17.9 Å². The van der Waals surface area contributed by atoms with E-state index in [0.717, 1.165) is 64.2 Å². The van der Waals surface area contributed by atoms with Crippen molar-refractivity contribution in [3.8, 4) is 0 Å². The van der Waals surface area contributed by atoms with E-state index in [1.54, 1.807) is 0 Å². The average Bonchev–Trinajstić information content (AvgIpc) is 3.19. The number of carboxylic acids is 1. The molecule has 0 radical (unpaired) electrons. The van der Waals surface area contributed by atoms with E-state index in [-0.39, 0.29) is 32.2 Å². The zero-order chi connectivity index (χ0) is 43.5. The van der Waals surface area contributed by atoms with Crippen LogP contribution in [0.15, 0.2) is 36.5 Å². The van der Waals surface area contributed by atoms with Gasteiger partial charge in [0.25, 0.3) is 6.29 Å². The van der Waals surface area contributed by atoms with Gasteiger partial charge in [0, 0.05) is 12.8 Å². The maximum Gasteiger partial charge on any atom is 0.361 e. The summed E-state index contributed by atoms with van der Waals surface area (Å²) in [5, 5.41) is 9.59. The smallest absolute Gasteiger partial charge is 0.361 e. The van der Waals surface area contributed by atoms with Crippen LogP contribution in [0.3, 0.4) is 0 Å². The highest BCUT2D eigenvalue weighted by molar-refractivity contribution is 5.71. The fraction of sp³-hybridized carbons (Fsp3) is 0.820. The molecule has 0 saturated heterocycles. The Morgan fingerprint density at radius 3 is 1.36 bits per heavy atom. The number of hydrogen-bond donors (Lipinski definition) is 1. The molecule has 9 nitrogen and oxygen atoms in total. The molecule has 2 atom stereocenters. The third-order valence-electron chi connectivity index (χ3n) is 10.4. The molecular weight excluding hydrogens is 743 g/mol. The summed E-state index contributed by atoms with van der Waals surface area (Å²) in [5.74, 6) is -2.02. The summed E-state index contributed by atoms with van der Waals surface area (Å²) in [6.07, 6.45) is 45.5. The van der Waals surface area contributed by atoms with Crippen molar-refractivity contribution in [2.24, 2.45) is 0 Å². The third kappa shape index (κ3) is 43.4. The summed E-state index contributed by atoms with van der Waals surface area (Å²) in [4.78, 5) is 36.8. The molecular formula is C50H92NO8+. The van der Waals surface area contributed by atoms with Gasteiger partial charge in [-0.05, 0) is 51.4 Å². The van der Waals surface area contributed by atoms with Crippen LogP contribution in [0.25, 0.3) is 0 Å². The van der Waals surface area contributed by atoms with Crippen LogP contribution in [0.1, 0.15) is 206 Å². The van der Waals surface area contributed by atoms with Gasteiger partial charge in [-0.1, -0.05) is 179 Å². The van der Waals surface area contributed by atoms with Gasteiger partial charge < -0.3 is 28.5 Å². The van der Waals surface area contributed by atoms with Crippen LogP contribution in [-0.4, -0.2) is 87.4 Å². The molecule has 9 heteroatoms. The lowest BCUT2D eigenvalue weighted by molar-refractivity contribution is -0.870. The fourth-order valence-electron chi connectivity index (χ4n) is 6.61. The number of quaternary nitrogens is 1. The average molecular weight is 835 g/mol. The molecule has 0 fully saturated rings. The van der Waals surface area contributed by atoms with Gasteiger partial charge in [0.2, 0.25) is 0 Å². The van der Waals surface area contributed by atoms with E-state index in [9.17, 15) is 19.5 Å². The molecule has 0 aromatic heterocycles. The summed E-state index contributed by atoms with van der Waals surface area (Å²) in [5.41, 5.74) is 0. The molecule has 59 heavy (non-hydrogen) atoms. The van der Waals surface area contributed by atoms with Crippen LogP contribution in [0.2, 0.25) is 0 Å². The molecule has 0 aromatic carbocycles. The van der Waals surface area contributed by atoms with E-state index >= 15 is 0 Å². The second-order valence-corrected chi connectivity index (χ2v) is 17.4. The number of aliphatic carboxylic acids is 1. The predicted molar refractivity (Wildman–Crippen MR) is 244 cm³/mol. The topological polar surface area (TPSA) is 108 Å². The van der Waals surface area contributed by atoms with E-state index in [1.165, 1.54) is 116 Å². The quantitative estimate of drug-likeness (QED) is 0.0213. The Morgan fingerprint density at radius 2 is 0.915 bits per heavy atom. The number of rotatable bonds is 44. The van der Waals surface area contributed by atoms with E-state index in [0.29, 0.717) is 17.4 Å². The molecule has 1 N–H and O–H groups in total. The first kappa shape index (κ1) is 56.5. The molecule has 0 rings (SSSR count). The number of esters is 2. The number of carbonyl (C=O) groups is 3. The summed E-state index contributed by atoms with van der Waals surface area (Å²) in [7, 11) is 5.94. The van der Waals surface area contributed by atoms with E-state index in [4.69, 9.17) is 18.9 Å². The highest BCUT2D eigenvalue weighted by atomic mass is 16.7. The third-order valence-corrected chi connectivity index (χ3v) is 10.4. The predicted octanol–water partition coefficient (Wildman–Crippen LogP) is 13.0. The van der Waals surface area contributed by atoms with Gasteiger partial charge in [0.05, 0.1) is 34.4 Å². The number of nitrogens with zero attached hydrogens (tertiary/aromatic N) is 1. The SMILES string of the molecule is CCCCCCC/C=C\C/C=C\C/C=C\CCCCCCCCCCCCCCCCC(=O)OC(COC(=O)CCCCCCC)COC(OCC[N+](C)(C)C)C(=O)O. The summed E-state index contributed by atoms with van der Waals surface area (Å²) in [6, 6.07) is 0. The molecule has 0 aromatic rings. The molecule has 2 unspecified atom stereocenters. The molecule has 0 aliphatic rings. The molecule has 0 amide bonds. The van der Waals surface area contributed by atoms with E-state index in [2.05, 4.69) is 50.3 Å². The highest BCUT2D eigenvalue weighted by Gasteiger charge is 2.25. The lowest BCUT2D eigenvalue weighted by atomic mass is 10.0. The summed E-state index contributed by atoms with van der Waals surface area (Å²) >= 11 is 0. The molecule has 344 valence electrons. The molecule has 0 aliphatic heterocycles. The van der Waals surface area contributed by atoms with Crippen LogP contribution in [0.5, 0.6) is 0 Å². The Balaban J connectivity index is 4.03. The lowest BCUT2D eigenvalue weighted by Gasteiger charge is -2.25. The Kier molecular flexibility index (Phi) is 40.4. The standard InChI is InChI=1S/C50H91NO8/c1-6-8-10-12-13-14-15-16-17-18-19-20-21-22-23-24-25-26-27-28-29-30-31-32-33-34-35-37-39-41-48(53)59-46(44-57-47(52)40-38-36-11-9-7-2)45-58-50(49(54)55)56-43-42-51(3,4)5/h15-16,18-19,21-22,46,50H,6-14,17,20,23-45H2,1-5H3/p+1/b16-15-,19-18-,22-21-. The second kappa shape index (κ2) is 42.2. The molecule has 0 heterocycles. The van der Waals surface area contributed by atoms with Crippen LogP contribution in [0, 0.1) is 0 Å². The van der Waals surface area contributed by atoms with Crippen molar-refractivity contribution >= 4 is 17.9 Å². The van der Waals surface area contributed by atoms with Crippen LogP contribution in [0.4, 0.5) is 0 Å². The first-order valence-electron chi connectivity index (χ1n) is 24.2. The first-order valence-corrected chi connectivity index (χ1v) is 24.2. The lowest BCUT2D eigenvalue weighted by Crippen LogP contribution is -2.40. The van der Waals surface area contributed by atoms with Crippen molar-refractivity contribution in [3.63, 3.8) is 0 Å². The molecule has 0 saturated carbocycles. The number of allylic oxidation sites excluding steroid dienone is 6. The van der Waals surface area contributed by atoms with E-state index in [1.807, 2.05) is 21.1 Å². The molecule has 0 spiro atoms. The van der Waals surface area contributed by atoms with Gasteiger partial charge in [-0.2, -0.15) is 0 Å². The van der Waals surface area contributed by atoms with E-state index < -0.39 is 24.3 Å². The zero-order valence-electron chi connectivity index (χ0n) is 38.9. The number of unbranched alkanes of at least 4 members (excludes halogenated alkanes) is 23. The van der Waals surface area contributed by atoms with Crippen molar-refractivity contribution < 1.29 is 42.9 Å². The molecule has 0 bridgehead atoms. The van der Waals surface area contributed by atoms with Crippen LogP contribution < -0.4 is 0 Å². The van der Waals surface area contributed by atoms with Gasteiger partial charge in [0.15, 0.2) is 6.10 Å². The second-order valence-electron chi connectivity index (χ2n) is 17.4. The summed E-state index contributed by atoms with van der Waals surface area (Å²) < 4.78 is 22.6. The highest BCUT2D eigenvalue weighted by Crippen LogP contribution is 2.15.